The van der Waals surface area contributed by atoms with Crippen LogP contribution in [0.25, 0.3) is 10.8 Å². The van der Waals surface area contributed by atoms with Crippen molar-refractivity contribution in [1.29, 1.82) is 0 Å². The molecule has 20 heavy (non-hydrogen) atoms. The minimum atomic E-state index is 0.217. The molecule has 0 fully saturated rings. The quantitative estimate of drug-likeness (QED) is 0.680. The number of hydrogen-bond acceptors (Lipinski definition) is 2. The summed E-state index contributed by atoms with van der Waals surface area (Å²) in [6.07, 6.45) is 0. The Morgan fingerprint density at radius 2 is 1.80 bits per heavy atom. The van der Waals surface area contributed by atoms with Crippen LogP contribution < -0.4 is 5.32 Å². The van der Waals surface area contributed by atoms with Crippen molar-refractivity contribution in [3.63, 3.8) is 0 Å². The smallest absolute Gasteiger partial charge is 0.0686 e. The maximum Gasteiger partial charge on any atom is 0.0686 e. The average molecular weight is 346 g/mol. The third-order valence-corrected chi connectivity index (χ3v) is 5.62. The molecule has 1 N–H and O–H groups in total. The average Bonchev–Trinajstić information content (AvgIpc) is 2.89. The first-order valence-corrected chi connectivity index (χ1v) is 8.28. The Bertz CT molecular complexity index is 748. The van der Waals surface area contributed by atoms with Gasteiger partial charge in [-0.05, 0) is 63.2 Å². The molecule has 0 radical (unpaired) electrons. The van der Waals surface area contributed by atoms with E-state index in [-0.39, 0.29) is 6.04 Å². The van der Waals surface area contributed by atoms with Crippen molar-refractivity contribution in [2.24, 2.45) is 0 Å². The normalized spacial score (nSPS) is 12.8. The molecule has 0 spiro atoms. The zero-order chi connectivity index (χ0) is 14.1. The maximum absolute atomic E-state index is 3.65. The second-order valence-electron chi connectivity index (χ2n) is 4.87. The van der Waals surface area contributed by atoms with Crippen LogP contribution in [-0.2, 0) is 0 Å². The molecular weight excluding hydrogens is 330 g/mol. The van der Waals surface area contributed by atoms with E-state index in [9.17, 15) is 0 Å². The number of fused-ring (bicyclic) bond motifs is 1. The Labute approximate surface area is 131 Å². The topological polar surface area (TPSA) is 12.0 Å². The van der Waals surface area contributed by atoms with Gasteiger partial charge in [-0.15, -0.1) is 11.3 Å². The lowest BCUT2D eigenvalue weighted by Crippen LogP contribution is -2.17. The van der Waals surface area contributed by atoms with Gasteiger partial charge in [0.1, 0.15) is 0 Å². The highest BCUT2D eigenvalue weighted by Crippen LogP contribution is 2.36. The zero-order valence-electron chi connectivity index (χ0n) is 11.5. The minimum Gasteiger partial charge on any atom is -0.309 e. The number of aryl methyl sites for hydroxylation is 1. The maximum atomic E-state index is 3.65. The highest BCUT2D eigenvalue weighted by atomic mass is 79.9. The number of nitrogens with one attached hydrogen (secondary N) is 1. The first-order valence-electron chi connectivity index (χ1n) is 6.60. The third-order valence-electron chi connectivity index (χ3n) is 3.68. The summed E-state index contributed by atoms with van der Waals surface area (Å²) in [5.41, 5.74) is 2.65. The van der Waals surface area contributed by atoms with Crippen LogP contribution in [0.2, 0.25) is 0 Å². The van der Waals surface area contributed by atoms with Crippen LogP contribution in [0, 0.1) is 6.92 Å². The molecule has 1 atom stereocenters. The van der Waals surface area contributed by atoms with Crippen LogP contribution in [0.15, 0.2) is 52.3 Å². The molecule has 0 bridgehead atoms. The molecule has 3 heteroatoms. The van der Waals surface area contributed by atoms with Crippen molar-refractivity contribution in [1.82, 2.24) is 5.32 Å². The predicted octanol–water partition coefficient (Wildman–Crippen LogP) is 5.28. The Morgan fingerprint density at radius 1 is 1.05 bits per heavy atom. The van der Waals surface area contributed by atoms with Gasteiger partial charge in [0.25, 0.3) is 0 Å². The van der Waals surface area contributed by atoms with E-state index < -0.39 is 0 Å². The van der Waals surface area contributed by atoms with Gasteiger partial charge in [-0.1, -0.05) is 36.4 Å². The Morgan fingerprint density at radius 3 is 2.45 bits per heavy atom. The molecule has 102 valence electrons. The summed E-state index contributed by atoms with van der Waals surface area (Å²) in [5.74, 6) is 0. The first-order chi connectivity index (χ1) is 9.72. The second kappa shape index (κ2) is 5.68. The van der Waals surface area contributed by atoms with E-state index >= 15 is 0 Å². The fraction of sp³-hybridized carbons (Fsp3) is 0.176. The molecule has 1 unspecified atom stereocenters. The standard InChI is InChI=1S/C17H16BrNS/c1-11-7-8-14(13-6-4-3-5-12(11)13)16(19-2)17-15(18)9-10-20-17/h3-10,16,19H,1-2H3. The summed E-state index contributed by atoms with van der Waals surface area (Å²) < 4.78 is 1.17. The van der Waals surface area contributed by atoms with Crippen LogP contribution in [0.4, 0.5) is 0 Å². The third kappa shape index (κ3) is 2.30. The molecule has 0 saturated heterocycles. The molecule has 0 aliphatic rings. The SMILES string of the molecule is CNC(c1sccc1Br)c1ccc(C)c2ccccc12. The van der Waals surface area contributed by atoms with E-state index in [1.165, 1.54) is 31.2 Å². The predicted molar refractivity (Wildman–Crippen MR) is 91.6 cm³/mol. The van der Waals surface area contributed by atoms with Crippen molar-refractivity contribution in [2.45, 2.75) is 13.0 Å². The van der Waals surface area contributed by atoms with E-state index in [1.807, 2.05) is 7.05 Å². The molecule has 1 heterocycles. The molecular formula is C17H16BrNS. The monoisotopic (exact) mass is 345 g/mol. The first kappa shape index (κ1) is 13.8. The summed E-state index contributed by atoms with van der Waals surface area (Å²) in [7, 11) is 2.02. The van der Waals surface area contributed by atoms with Crippen molar-refractivity contribution < 1.29 is 0 Å². The lowest BCUT2D eigenvalue weighted by molar-refractivity contribution is 0.706. The van der Waals surface area contributed by atoms with E-state index in [0.29, 0.717) is 0 Å². The fourth-order valence-corrected chi connectivity index (χ4v) is 4.39. The highest BCUT2D eigenvalue weighted by molar-refractivity contribution is 9.10. The van der Waals surface area contributed by atoms with E-state index in [0.717, 1.165) is 0 Å². The number of benzene rings is 2. The van der Waals surface area contributed by atoms with Gasteiger partial charge in [0.15, 0.2) is 0 Å². The molecule has 0 amide bonds. The highest BCUT2D eigenvalue weighted by Gasteiger charge is 2.18. The van der Waals surface area contributed by atoms with Gasteiger partial charge >= 0.3 is 0 Å². The number of rotatable bonds is 3. The Balaban J connectivity index is 2.23. The zero-order valence-corrected chi connectivity index (χ0v) is 13.9. The van der Waals surface area contributed by atoms with Crippen LogP contribution in [0.5, 0.6) is 0 Å². The summed E-state index contributed by atoms with van der Waals surface area (Å²) in [6, 6.07) is 15.4. The molecule has 0 aliphatic heterocycles. The largest absolute Gasteiger partial charge is 0.309 e. The van der Waals surface area contributed by atoms with Crippen molar-refractivity contribution >= 4 is 38.0 Å². The van der Waals surface area contributed by atoms with Gasteiger partial charge in [-0.2, -0.15) is 0 Å². The van der Waals surface area contributed by atoms with Gasteiger partial charge in [0.2, 0.25) is 0 Å². The summed E-state index contributed by atoms with van der Waals surface area (Å²) >= 11 is 5.43. The number of thiophene rings is 1. The second-order valence-corrected chi connectivity index (χ2v) is 6.67. The minimum absolute atomic E-state index is 0.217. The van der Waals surface area contributed by atoms with Crippen molar-refractivity contribution in [2.75, 3.05) is 7.05 Å². The summed E-state index contributed by atoms with van der Waals surface area (Å²) in [6.45, 7) is 2.17. The van der Waals surface area contributed by atoms with Crippen LogP contribution in [0.3, 0.4) is 0 Å². The molecule has 1 aromatic heterocycles. The van der Waals surface area contributed by atoms with Crippen LogP contribution in [-0.4, -0.2) is 7.05 Å². The Hall–Kier alpha value is -1.16. The molecule has 3 aromatic rings. The molecule has 3 rings (SSSR count). The van der Waals surface area contributed by atoms with Gasteiger partial charge in [-0.3, -0.25) is 0 Å². The lowest BCUT2D eigenvalue weighted by atomic mass is 9.95. The Kier molecular flexibility index (Phi) is 3.92. The molecule has 0 saturated carbocycles. The van der Waals surface area contributed by atoms with Gasteiger partial charge in [-0.25, -0.2) is 0 Å². The van der Waals surface area contributed by atoms with Crippen LogP contribution in [0.1, 0.15) is 22.0 Å². The molecule has 0 aliphatic carbocycles. The summed E-state index contributed by atoms with van der Waals surface area (Å²) in [5, 5.41) is 8.24. The van der Waals surface area contributed by atoms with Gasteiger partial charge in [0.05, 0.1) is 6.04 Å². The van der Waals surface area contributed by atoms with E-state index in [1.54, 1.807) is 11.3 Å². The molecule has 1 nitrogen and oxygen atoms in total. The number of halogens is 1. The molecule has 2 aromatic carbocycles. The van der Waals surface area contributed by atoms with Gasteiger partial charge in [0, 0.05) is 9.35 Å². The van der Waals surface area contributed by atoms with E-state index in [4.69, 9.17) is 0 Å². The van der Waals surface area contributed by atoms with E-state index in [2.05, 4.69) is 76.0 Å². The fourth-order valence-electron chi connectivity index (χ4n) is 2.66. The number of hydrogen-bond donors (Lipinski definition) is 1. The van der Waals surface area contributed by atoms with Crippen molar-refractivity contribution in [3.05, 3.63) is 68.3 Å². The summed E-state index contributed by atoms with van der Waals surface area (Å²) in [4.78, 5) is 1.32. The van der Waals surface area contributed by atoms with Crippen molar-refractivity contribution in [3.8, 4) is 0 Å². The van der Waals surface area contributed by atoms with Crippen LogP contribution >= 0.6 is 27.3 Å². The van der Waals surface area contributed by atoms with Gasteiger partial charge < -0.3 is 5.32 Å². The lowest BCUT2D eigenvalue weighted by Gasteiger charge is -2.19.